The summed E-state index contributed by atoms with van der Waals surface area (Å²) in [5, 5.41) is 21.9. The number of rotatable bonds is 2. The van der Waals surface area contributed by atoms with E-state index in [1.165, 1.54) is 25.7 Å². The SMILES string of the molecule is Nc1nnc(-c2ccccc2O)cc1N1CCC2(CCNCC2)CC1. The first-order chi connectivity index (χ1) is 12.2. The van der Waals surface area contributed by atoms with Gasteiger partial charge in [0.15, 0.2) is 5.82 Å². The van der Waals surface area contributed by atoms with Crippen molar-refractivity contribution in [1.82, 2.24) is 15.5 Å². The van der Waals surface area contributed by atoms with Crippen LogP contribution in [0.25, 0.3) is 11.3 Å². The molecule has 2 aliphatic heterocycles. The van der Waals surface area contributed by atoms with Gasteiger partial charge in [0.2, 0.25) is 0 Å². The lowest BCUT2D eigenvalue weighted by atomic mass is 9.71. The second kappa shape index (κ2) is 6.52. The highest BCUT2D eigenvalue weighted by Crippen LogP contribution is 2.41. The summed E-state index contributed by atoms with van der Waals surface area (Å²) in [6.07, 6.45) is 4.94. The average molecular weight is 339 g/mol. The molecule has 6 nitrogen and oxygen atoms in total. The number of para-hydroxylation sites is 1. The van der Waals surface area contributed by atoms with Gasteiger partial charge in [0.1, 0.15) is 5.75 Å². The number of aromatic nitrogens is 2. The van der Waals surface area contributed by atoms with Crippen LogP contribution in [0.3, 0.4) is 0 Å². The smallest absolute Gasteiger partial charge is 0.169 e. The fourth-order valence-electron chi connectivity index (χ4n) is 4.15. The minimum absolute atomic E-state index is 0.208. The van der Waals surface area contributed by atoms with E-state index in [1.54, 1.807) is 12.1 Å². The predicted octanol–water partition coefficient (Wildman–Crippen LogP) is 2.40. The Hall–Kier alpha value is -2.34. The summed E-state index contributed by atoms with van der Waals surface area (Å²) in [6.45, 7) is 4.26. The molecule has 4 rings (SSSR count). The zero-order chi connectivity index (χ0) is 17.3. The molecule has 25 heavy (non-hydrogen) atoms. The number of phenolic OH excluding ortho intramolecular Hbond substituents is 1. The van der Waals surface area contributed by atoms with Crippen LogP contribution < -0.4 is 16.0 Å². The zero-order valence-corrected chi connectivity index (χ0v) is 14.4. The molecule has 2 aromatic rings. The van der Waals surface area contributed by atoms with Crippen molar-refractivity contribution >= 4 is 11.5 Å². The molecule has 2 saturated heterocycles. The van der Waals surface area contributed by atoms with Crippen LogP contribution in [0.2, 0.25) is 0 Å². The van der Waals surface area contributed by atoms with Gasteiger partial charge in [-0.25, -0.2) is 0 Å². The van der Waals surface area contributed by atoms with E-state index in [1.807, 2.05) is 18.2 Å². The maximum Gasteiger partial charge on any atom is 0.169 e. The molecule has 0 aliphatic carbocycles. The summed E-state index contributed by atoms with van der Waals surface area (Å²) in [5.74, 6) is 0.667. The highest BCUT2D eigenvalue weighted by molar-refractivity contribution is 5.74. The molecule has 0 unspecified atom stereocenters. The molecule has 0 bridgehead atoms. The molecule has 1 aromatic heterocycles. The summed E-state index contributed by atoms with van der Waals surface area (Å²) in [4.78, 5) is 2.32. The molecule has 0 atom stereocenters. The molecular weight excluding hydrogens is 314 g/mol. The van der Waals surface area contributed by atoms with Gasteiger partial charge in [-0.05, 0) is 62.4 Å². The molecule has 1 aromatic carbocycles. The Morgan fingerprint density at radius 1 is 1.04 bits per heavy atom. The third-order valence-electron chi connectivity index (χ3n) is 5.81. The molecule has 0 amide bonds. The molecule has 6 heteroatoms. The van der Waals surface area contributed by atoms with Gasteiger partial charge in [0.05, 0.1) is 11.4 Å². The van der Waals surface area contributed by atoms with Crippen LogP contribution in [0, 0.1) is 5.41 Å². The first kappa shape index (κ1) is 16.1. The summed E-state index contributed by atoms with van der Waals surface area (Å²) >= 11 is 0. The molecule has 132 valence electrons. The van der Waals surface area contributed by atoms with Crippen LogP contribution in [0.1, 0.15) is 25.7 Å². The maximum atomic E-state index is 10.1. The van der Waals surface area contributed by atoms with E-state index in [4.69, 9.17) is 5.73 Å². The summed E-state index contributed by atoms with van der Waals surface area (Å²) in [6, 6.07) is 9.15. The normalized spacial score (nSPS) is 19.9. The molecule has 2 aliphatic rings. The first-order valence-corrected chi connectivity index (χ1v) is 9.04. The van der Waals surface area contributed by atoms with Crippen LogP contribution >= 0.6 is 0 Å². The highest BCUT2D eigenvalue weighted by atomic mass is 16.3. The van der Waals surface area contributed by atoms with Crippen LogP contribution in [-0.4, -0.2) is 41.5 Å². The minimum Gasteiger partial charge on any atom is -0.507 e. The third-order valence-corrected chi connectivity index (χ3v) is 5.81. The van der Waals surface area contributed by atoms with Gasteiger partial charge in [0, 0.05) is 18.7 Å². The van der Waals surface area contributed by atoms with E-state index in [9.17, 15) is 5.11 Å². The Bertz CT molecular complexity index is 747. The van der Waals surface area contributed by atoms with E-state index in [0.717, 1.165) is 31.9 Å². The van der Waals surface area contributed by atoms with E-state index in [-0.39, 0.29) is 5.75 Å². The van der Waals surface area contributed by atoms with Gasteiger partial charge in [-0.1, -0.05) is 12.1 Å². The van der Waals surface area contributed by atoms with Crippen molar-refractivity contribution in [2.75, 3.05) is 36.8 Å². The predicted molar refractivity (Wildman–Crippen MR) is 99.5 cm³/mol. The summed E-state index contributed by atoms with van der Waals surface area (Å²) in [7, 11) is 0. The Morgan fingerprint density at radius 3 is 2.48 bits per heavy atom. The second-order valence-corrected chi connectivity index (χ2v) is 7.25. The van der Waals surface area contributed by atoms with Crippen LogP contribution in [-0.2, 0) is 0 Å². The van der Waals surface area contributed by atoms with Gasteiger partial charge < -0.3 is 21.1 Å². The van der Waals surface area contributed by atoms with Gasteiger partial charge in [-0.2, -0.15) is 0 Å². The number of nitrogens with zero attached hydrogens (tertiary/aromatic N) is 3. The zero-order valence-electron chi connectivity index (χ0n) is 14.4. The van der Waals surface area contributed by atoms with Crippen molar-refractivity contribution in [3.8, 4) is 17.0 Å². The number of nitrogens with one attached hydrogen (secondary N) is 1. The van der Waals surface area contributed by atoms with Crippen molar-refractivity contribution < 1.29 is 5.11 Å². The quantitative estimate of drug-likeness (QED) is 0.779. The number of hydrogen-bond donors (Lipinski definition) is 3. The monoisotopic (exact) mass is 339 g/mol. The molecule has 3 heterocycles. The Labute approximate surface area is 148 Å². The van der Waals surface area contributed by atoms with Gasteiger partial charge in [-0.3, -0.25) is 0 Å². The maximum absolute atomic E-state index is 10.1. The number of anilines is 2. The second-order valence-electron chi connectivity index (χ2n) is 7.25. The fraction of sp³-hybridized carbons (Fsp3) is 0.474. The molecular formula is C19H25N5O. The van der Waals surface area contributed by atoms with Crippen molar-refractivity contribution in [1.29, 1.82) is 0 Å². The van der Waals surface area contributed by atoms with Crippen LogP contribution in [0.5, 0.6) is 5.75 Å². The lowest BCUT2D eigenvalue weighted by Crippen LogP contribution is -2.45. The number of phenols is 1. The number of nitrogen functional groups attached to an aromatic ring is 1. The lowest BCUT2D eigenvalue weighted by Gasteiger charge is -2.45. The van der Waals surface area contributed by atoms with E-state index in [0.29, 0.717) is 22.5 Å². The topological polar surface area (TPSA) is 87.3 Å². The Kier molecular flexibility index (Phi) is 4.21. The van der Waals surface area contributed by atoms with Crippen molar-refractivity contribution in [3.63, 3.8) is 0 Å². The summed E-state index contributed by atoms with van der Waals surface area (Å²) in [5.41, 5.74) is 8.88. The molecule has 2 fully saturated rings. The highest BCUT2D eigenvalue weighted by Gasteiger charge is 2.36. The van der Waals surface area contributed by atoms with Crippen molar-refractivity contribution in [2.45, 2.75) is 25.7 Å². The molecule has 0 radical (unpaired) electrons. The number of hydrogen-bond acceptors (Lipinski definition) is 6. The van der Waals surface area contributed by atoms with E-state index >= 15 is 0 Å². The van der Waals surface area contributed by atoms with Gasteiger partial charge in [-0.15, -0.1) is 10.2 Å². The first-order valence-electron chi connectivity index (χ1n) is 9.04. The Morgan fingerprint density at radius 2 is 1.76 bits per heavy atom. The fourth-order valence-corrected chi connectivity index (χ4v) is 4.15. The lowest BCUT2D eigenvalue weighted by molar-refractivity contribution is 0.155. The average Bonchev–Trinajstić information content (AvgIpc) is 2.64. The molecule has 4 N–H and O–H groups in total. The Balaban J connectivity index is 1.57. The standard InChI is InChI=1S/C19H25N5O/c20-18-16(13-15(22-23-18)14-3-1-2-4-17(14)25)24-11-7-19(8-12-24)5-9-21-10-6-19/h1-4,13,21,25H,5-12H2,(H2,20,23). The number of piperidine rings is 2. The van der Waals surface area contributed by atoms with Crippen molar-refractivity contribution in [2.24, 2.45) is 5.41 Å². The number of nitrogens with two attached hydrogens (primary N) is 1. The van der Waals surface area contributed by atoms with E-state index in [2.05, 4.69) is 20.4 Å². The van der Waals surface area contributed by atoms with E-state index < -0.39 is 0 Å². The number of aromatic hydroxyl groups is 1. The van der Waals surface area contributed by atoms with Crippen LogP contribution in [0.4, 0.5) is 11.5 Å². The van der Waals surface area contributed by atoms with Crippen LogP contribution in [0.15, 0.2) is 30.3 Å². The molecule has 1 spiro atoms. The largest absolute Gasteiger partial charge is 0.507 e. The number of benzene rings is 1. The minimum atomic E-state index is 0.208. The van der Waals surface area contributed by atoms with Gasteiger partial charge in [0.25, 0.3) is 0 Å². The molecule has 0 saturated carbocycles. The third kappa shape index (κ3) is 3.14. The van der Waals surface area contributed by atoms with Crippen molar-refractivity contribution in [3.05, 3.63) is 30.3 Å². The summed E-state index contributed by atoms with van der Waals surface area (Å²) < 4.78 is 0. The van der Waals surface area contributed by atoms with Gasteiger partial charge >= 0.3 is 0 Å².